The lowest BCUT2D eigenvalue weighted by Crippen LogP contribution is -2.50. The monoisotopic (exact) mass is 383 g/mol. The van der Waals surface area contributed by atoms with Gasteiger partial charge >= 0.3 is 0 Å². The number of aryl methyl sites for hydroxylation is 1. The third kappa shape index (κ3) is 4.60. The van der Waals surface area contributed by atoms with Crippen molar-refractivity contribution in [2.24, 2.45) is 0 Å². The summed E-state index contributed by atoms with van der Waals surface area (Å²) in [4.78, 5) is 32.6. The normalized spacial score (nSPS) is 13.9. The molecule has 0 atom stereocenters. The summed E-state index contributed by atoms with van der Waals surface area (Å²) in [5.41, 5.74) is 1.60. The van der Waals surface area contributed by atoms with E-state index in [-0.39, 0.29) is 11.8 Å². The minimum atomic E-state index is -0.0365. The van der Waals surface area contributed by atoms with Gasteiger partial charge in [-0.3, -0.25) is 14.6 Å². The predicted molar refractivity (Wildman–Crippen MR) is 105 cm³/mol. The van der Waals surface area contributed by atoms with Gasteiger partial charge in [0, 0.05) is 45.0 Å². The Kier molecular flexibility index (Phi) is 6.47. The van der Waals surface area contributed by atoms with Crippen molar-refractivity contribution >= 4 is 11.8 Å². The molecular formula is C21H25N3O4. The Hall–Kier alpha value is -3.09. The second kappa shape index (κ2) is 9.21. The van der Waals surface area contributed by atoms with E-state index in [4.69, 9.17) is 9.47 Å². The topological polar surface area (TPSA) is 72.0 Å². The molecule has 0 spiro atoms. The molecule has 3 rings (SSSR count). The van der Waals surface area contributed by atoms with Crippen molar-refractivity contribution in [1.29, 1.82) is 0 Å². The Morgan fingerprint density at radius 2 is 1.71 bits per heavy atom. The molecule has 1 aliphatic rings. The van der Waals surface area contributed by atoms with Gasteiger partial charge in [0.25, 0.3) is 5.91 Å². The second-order valence-electron chi connectivity index (χ2n) is 6.60. The molecule has 1 aromatic heterocycles. The molecule has 0 unspecified atom stereocenters. The zero-order valence-corrected chi connectivity index (χ0v) is 16.3. The van der Waals surface area contributed by atoms with Crippen LogP contribution >= 0.6 is 0 Å². The van der Waals surface area contributed by atoms with Crippen LogP contribution in [0.15, 0.2) is 42.7 Å². The highest BCUT2D eigenvalue weighted by Gasteiger charge is 2.24. The minimum absolute atomic E-state index is 0.0365. The molecule has 1 aromatic carbocycles. The zero-order chi connectivity index (χ0) is 19.9. The molecule has 0 aliphatic carbocycles. The van der Waals surface area contributed by atoms with E-state index in [1.54, 1.807) is 43.6 Å². The van der Waals surface area contributed by atoms with Crippen LogP contribution in [0.4, 0.5) is 0 Å². The molecule has 7 heteroatoms. The van der Waals surface area contributed by atoms with Crippen molar-refractivity contribution in [2.45, 2.75) is 12.8 Å². The number of benzene rings is 1. The maximum absolute atomic E-state index is 12.6. The van der Waals surface area contributed by atoms with Crippen LogP contribution in [0.5, 0.6) is 11.5 Å². The van der Waals surface area contributed by atoms with Gasteiger partial charge in [-0.25, -0.2) is 0 Å². The van der Waals surface area contributed by atoms with Gasteiger partial charge in [0.05, 0.1) is 19.8 Å². The van der Waals surface area contributed by atoms with E-state index in [0.717, 1.165) is 5.56 Å². The number of pyridine rings is 1. The van der Waals surface area contributed by atoms with Crippen LogP contribution in [0, 0.1) is 0 Å². The van der Waals surface area contributed by atoms with Crippen LogP contribution < -0.4 is 9.47 Å². The number of amides is 2. The smallest absolute Gasteiger partial charge is 0.255 e. The lowest BCUT2D eigenvalue weighted by Gasteiger charge is -2.34. The van der Waals surface area contributed by atoms with E-state index in [1.807, 2.05) is 23.1 Å². The molecule has 7 nitrogen and oxygen atoms in total. The van der Waals surface area contributed by atoms with Gasteiger partial charge in [-0.15, -0.1) is 0 Å². The zero-order valence-electron chi connectivity index (χ0n) is 16.3. The van der Waals surface area contributed by atoms with E-state index in [1.165, 1.54) is 0 Å². The van der Waals surface area contributed by atoms with Crippen LogP contribution in [-0.4, -0.2) is 67.0 Å². The summed E-state index contributed by atoms with van der Waals surface area (Å²) in [6.45, 7) is 2.18. The fourth-order valence-corrected chi connectivity index (χ4v) is 3.28. The molecule has 1 aliphatic heterocycles. The molecule has 0 bridgehead atoms. The summed E-state index contributed by atoms with van der Waals surface area (Å²) in [6, 6.07) is 9.20. The van der Waals surface area contributed by atoms with E-state index < -0.39 is 0 Å². The van der Waals surface area contributed by atoms with Crippen LogP contribution in [0.2, 0.25) is 0 Å². The average molecular weight is 383 g/mol. The highest BCUT2D eigenvalue weighted by molar-refractivity contribution is 5.94. The number of hydrogen-bond donors (Lipinski definition) is 0. The molecule has 0 radical (unpaired) electrons. The highest BCUT2D eigenvalue weighted by atomic mass is 16.5. The van der Waals surface area contributed by atoms with Crippen LogP contribution in [0.25, 0.3) is 0 Å². The fraction of sp³-hybridized carbons (Fsp3) is 0.381. The number of ether oxygens (including phenoxy) is 2. The molecule has 28 heavy (non-hydrogen) atoms. The van der Waals surface area contributed by atoms with E-state index in [2.05, 4.69) is 4.98 Å². The maximum atomic E-state index is 12.6. The van der Waals surface area contributed by atoms with Crippen molar-refractivity contribution in [2.75, 3.05) is 40.4 Å². The Balaban J connectivity index is 1.50. The number of carbonyl (C=O) groups is 2. The largest absolute Gasteiger partial charge is 0.493 e. The van der Waals surface area contributed by atoms with Gasteiger partial charge in [0.1, 0.15) is 0 Å². The Bertz CT molecular complexity index is 818. The molecule has 0 N–H and O–H groups in total. The van der Waals surface area contributed by atoms with E-state index in [9.17, 15) is 9.59 Å². The van der Waals surface area contributed by atoms with Crippen LogP contribution in [-0.2, 0) is 11.2 Å². The number of hydrogen-bond acceptors (Lipinski definition) is 5. The van der Waals surface area contributed by atoms with Gasteiger partial charge in [0.2, 0.25) is 5.91 Å². The number of nitrogens with zero attached hydrogens (tertiary/aromatic N) is 3. The first-order chi connectivity index (χ1) is 13.6. The predicted octanol–water partition coefficient (Wildman–Crippen LogP) is 2.02. The van der Waals surface area contributed by atoms with Gasteiger partial charge < -0.3 is 19.3 Å². The van der Waals surface area contributed by atoms with E-state index in [0.29, 0.717) is 56.1 Å². The third-order valence-electron chi connectivity index (χ3n) is 4.90. The molecule has 2 amide bonds. The van der Waals surface area contributed by atoms with Gasteiger partial charge in [-0.1, -0.05) is 6.07 Å². The van der Waals surface area contributed by atoms with Gasteiger partial charge in [0.15, 0.2) is 11.5 Å². The Morgan fingerprint density at radius 1 is 1.00 bits per heavy atom. The Morgan fingerprint density at radius 3 is 2.36 bits per heavy atom. The standard InChI is InChI=1S/C21H25N3O4/c1-27-18-7-5-16(14-19(18)28-2)6-8-20(25)23-10-12-24(13-11-23)21(26)17-4-3-9-22-15-17/h3-5,7,9,14-15H,6,8,10-13H2,1-2H3. The molecule has 1 saturated heterocycles. The molecule has 0 saturated carbocycles. The lowest BCUT2D eigenvalue weighted by atomic mass is 10.1. The van der Waals surface area contributed by atoms with Crippen molar-refractivity contribution in [3.8, 4) is 11.5 Å². The van der Waals surface area contributed by atoms with Crippen molar-refractivity contribution in [3.05, 3.63) is 53.9 Å². The molecule has 2 aromatic rings. The first-order valence-electron chi connectivity index (χ1n) is 9.30. The second-order valence-corrected chi connectivity index (χ2v) is 6.60. The van der Waals surface area contributed by atoms with Gasteiger partial charge in [-0.05, 0) is 36.2 Å². The SMILES string of the molecule is COc1ccc(CCC(=O)N2CCN(C(=O)c3cccnc3)CC2)cc1OC. The summed E-state index contributed by atoms with van der Waals surface area (Å²) in [6.07, 6.45) is 4.27. The minimum Gasteiger partial charge on any atom is -0.493 e. The van der Waals surface area contributed by atoms with Crippen molar-refractivity contribution in [3.63, 3.8) is 0 Å². The quantitative estimate of drug-likeness (QED) is 0.763. The number of methoxy groups -OCH3 is 2. The number of piperazine rings is 1. The Labute approximate surface area is 164 Å². The fourth-order valence-electron chi connectivity index (χ4n) is 3.28. The van der Waals surface area contributed by atoms with Gasteiger partial charge in [-0.2, -0.15) is 0 Å². The summed E-state index contributed by atoms with van der Waals surface area (Å²) >= 11 is 0. The molecular weight excluding hydrogens is 358 g/mol. The summed E-state index contributed by atoms with van der Waals surface area (Å²) < 4.78 is 10.5. The number of carbonyl (C=O) groups excluding carboxylic acids is 2. The van der Waals surface area contributed by atoms with Crippen molar-refractivity contribution < 1.29 is 19.1 Å². The molecule has 1 fully saturated rings. The first kappa shape index (κ1) is 19.7. The van der Waals surface area contributed by atoms with Crippen LogP contribution in [0.1, 0.15) is 22.3 Å². The number of aromatic nitrogens is 1. The summed E-state index contributed by atoms with van der Waals surface area (Å²) in [5.74, 6) is 1.40. The number of rotatable bonds is 6. The van der Waals surface area contributed by atoms with E-state index >= 15 is 0 Å². The molecule has 2 heterocycles. The maximum Gasteiger partial charge on any atom is 0.255 e. The van der Waals surface area contributed by atoms with Crippen molar-refractivity contribution in [1.82, 2.24) is 14.8 Å². The average Bonchev–Trinajstić information content (AvgIpc) is 2.77. The summed E-state index contributed by atoms with van der Waals surface area (Å²) in [7, 11) is 3.19. The molecule has 148 valence electrons. The summed E-state index contributed by atoms with van der Waals surface area (Å²) in [5, 5.41) is 0. The highest BCUT2D eigenvalue weighted by Crippen LogP contribution is 2.28. The lowest BCUT2D eigenvalue weighted by molar-refractivity contribution is -0.132. The third-order valence-corrected chi connectivity index (χ3v) is 4.90. The first-order valence-corrected chi connectivity index (χ1v) is 9.30. The van der Waals surface area contributed by atoms with Crippen LogP contribution in [0.3, 0.4) is 0 Å².